The van der Waals surface area contributed by atoms with Crippen LogP contribution in [0.15, 0.2) is 89.0 Å². The number of H-pyrrole nitrogens is 1. The zero-order valence-corrected chi connectivity index (χ0v) is 20.3. The normalized spacial score (nSPS) is 17.6. The van der Waals surface area contributed by atoms with Crippen LogP contribution in [0, 0.1) is 0 Å². The number of carbonyl (C=O) groups is 2. The number of hydrogen-bond donors (Lipinski definition) is 2. The van der Waals surface area contributed by atoms with Crippen molar-refractivity contribution >= 4 is 55.9 Å². The number of nitrogens with one attached hydrogen (secondary N) is 1. The number of benzene rings is 3. The third-order valence-electron chi connectivity index (χ3n) is 6.14. The number of rotatable bonds is 5. The molecule has 4 aromatic rings. The van der Waals surface area contributed by atoms with Gasteiger partial charge in [-0.25, -0.2) is 0 Å². The number of halogens is 2. The molecule has 7 heteroatoms. The summed E-state index contributed by atoms with van der Waals surface area (Å²) in [5.74, 6) is -1.52. The SMILES string of the molecule is O=C1C(=O)N(CCc2c[nH]c3ccccc23)C(c2ccc(Cl)cc2)/C1=C(/O)c1ccc(Br)cc1. The topological polar surface area (TPSA) is 73.4 Å². The second-order valence-electron chi connectivity index (χ2n) is 8.16. The summed E-state index contributed by atoms with van der Waals surface area (Å²) in [6, 6.07) is 21.2. The van der Waals surface area contributed by atoms with Crippen LogP contribution in [0.1, 0.15) is 22.7 Å². The van der Waals surface area contributed by atoms with E-state index in [4.69, 9.17) is 11.6 Å². The average Bonchev–Trinajstić information content (AvgIpc) is 3.37. The number of fused-ring (bicyclic) bond motifs is 1. The van der Waals surface area contributed by atoms with E-state index < -0.39 is 17.7 Å². The van der Waals surface area contributed by atoms with E-state index in [2.05, 4.69) is 20.9 Å². The molecule has 0 aliphatic carbocycles. The van der Waals surface area contributed by atoms with Crippen LogP contribution >= 0.6 is 27.5 Å². The molecule has 2 N–H and O–H groups in total. The van der Waals surface area contributed by atoms with Crippen LogP contribution in [0.4, 0.5) is 0 Å². The Bertz CT molecular complexity index is 1420. The molecular weight excluding hydrogens is 516 g/mol. The maximum Gasteiger partial charge on any atom is 0.295 e. The fourth-order valence-corrected chi connectivity index (χ4v) is 4.84. The second-order valence-corrected chi connectivity index (χ2v) is 9.51. The van der Waals surface area contributed by atoms with Gasteiger partial charge in [0.2, 0.25) is 0 Å². The van der Waals surface area contributed by atoms with E-state index in [1.165, 1.54) is 4.90 Å². The third-order valence-corrected chi connectivity index (χ3v) is 6.92. The second kappa shape index (κ2) is 9.12. The summed E-state index contributed by atoms with van der Waals surface area (Å²) >= 11 is 9.47. The summed E-state index contributed by atoms with van der Waals surface area (Å²) in [4.78, 5) is 31.1. The van der Waals surface area contributed by atoms with Gasteiger partial charge in [-0.2, -0.15) is 0 Å². The van der Waals surface area contributed by atoms with E-state index >= 15 is 0 Å². The summed E-state index contributed by atoms with van der Waals surface area (Å²) in [7, 11) is 0. The predicted molar refractivity (Wildman–Crippen MR) is 137 cm³/mol. The summed E-state index contributed by atoms with van der Waals surface area (Å²) < 4.78 is 0.845. The molecule has 1 fully saturated rings. The Morgan fingerprint density at radius 3 is 2.44 bits per heavy atom. The van der Waals surface area contributed by atoms with Crippen LogP contribution in [0.2, 0.25) is 5.02 Å². The largest absolute Gasteiger partial charge is 0.507 e. The lowest BCUT2D eigenvalue weighted by Crippen LogP contribution is -2.31. The minimum Gasteiger partial charge on any atom is -0.507 e. The number of aliphatic hydroxyl groups is 1. The fraction of sp³-hybridized carbons (Fsp3) is 0.111. The number of Topliss-reactive ketones (excluding diaryl/α,β-unsaturated/α-hetero) is 1. The summed E-state index contributed by atoms with van der Waals surface area (Å²) in [6.07, 6.45) is 2.49. The van der Waals surface area contributed by atoms with E-state index in [1.54, 1.807) is 48.5 Å². The Morgan fingerprint density at radius 2 is 1.71 bits per heavy atom. The molecule has 3 aromatic carbocycles. The van der Waals surface area contributed by atoms with Crippen molar-refractivity contribution in [2.75, 3.05) is 6.54 Å². The lowest BCUT2D eigenvalue weighted by Gasteiger charge is -2.25. The van der Waals surface area contributed by atoms with Crippen molar-refractivity contribution in [2.45, 2.75) is 12.5 Å². The molecule has 1 aromatic heterocycles. The van der Waals surface area contributed by atoms with Gasteiger partial charge in [0, 0.05) is 38.7 Å². The maximum atomic E-state index is 13.2. The van der Waals surface area contributed by atoms with Crippen molar-refractivity contribution < 1.29 is 14.7 Å². The monoisotopic (exact) mass is 534 g/mol. The van der Waals surface area contributed by atoms with Crippen LogP contribution in [-0.2, 0) is 16.0 Å². The molecule has 1 aliphatic rings. The molecule has 0 bridgehead atoms. The van der Waals surface area contributed by atoms with Gasteiger partial charge in [0.15, 0.2) is 0 Å². The molecule has 1 aliphatic heterocycles. The van der Waals surface area contributed by atoms with Crippen molar-refractivity contribution in [3.05, 3.63) is 111 Å². The van der Waals surface area contributed by atoms with Crippen LogP contribution < -0.4 is 0 Å². The van der Waals surface area contributed by atoms with Crippen molar-refractivity contribution in [1.82, 2.24) is 9.88 Å². The lowest BCUT2D eigenvalue weighted by molar-refractivity contribution is -0.139. The number of ketones is 1. The fourth-order valence-electron chi connectivity index (χ4n) is 4.44. The highest BCUT2D eigenvalue weighted by atomic mass is 79.9. The van der Waals surface area contributed by atoms with Gasteiger partial charge in [-0.05, 0) is 47.9 Å². The van der Waals surface area contributed by atoms with Gasteiger partial charge in [0.05, 0.1) is 11.6 Å². The number of aliphatic hydroxyl groups excluding tert-OH is 1. The molecule has 34 heavy (non-hydrogen) atoms. The molecule has 0 radical (unpaired) electrons. The van der Waals surface area contributed by atoms with E-state index in [-0.39, 0.29) is 11.3 Å². The van der Waals surface area contributed by atoms with Gasteiger partial charge in [0.25, 0.3) is 11.7 Å². The Labute approximate surface area is 209 Å². The number of likely N-dealkylation sites (tertiary alicyclic amines) is 1. The lowest BCUT2D eigenvalue weighted by atomic mass is 9.95. The van der Waals surface area contributed by atoms with Crippen molar-refractivity contribution in [3.8, 4) is 0 Å². The average molecular weight is 536 g/mol. The van der Waals surface area contributed by atoms with Gasteiger partial charge >= 0.3 is 0 Å². The Hall–Kier alpha value is -3.35. The quantitative estimate of drug-likeness (QED) is 0.180. The summed E-state index contributed by atoms with van der Waals surface area (Å²) in [5, 5.41) is 12.8. The first-order valence-corrected chi connectivity index (χ1v) is 12.0. The van der Waals surface area contributed by atoms with E-state index in [1.807, 2.05) is 30.5 Å². The zero-order valence-electron chi connectivity index (χ0n) is 18.0. The molecule has 0 spiro atoms. The van der Waals surface area contributed by atoms with Gasteiger partial charge < -0.3 is 15.0 Å². The molecule has 1 atom stereocenters. The first-order chi connectivity index (χ1) is 16.4. The Morgan fingerprint density at radius 1 is 1.00 bits per heavy atom. The number of aromatic nitrogens is 1. The first kappa shape index (κ1) is 22.4. The van der Waals surface area contributed by atoms with Crippen LogP contribution in [0.3, 0.4) is 0 Å². The van der Waals surface area contributed by atoms with Crippen molar-refractivity contribution in [1.29, 1.82) is 0 Å². The van der Waals surface area contributed by atoms with Gasteiger partial charge in [-0.15, -0.1) is 0 Å². The maximum absolute atomic E-state index is 13.2. The zero-order chi connectivity index (χ0) is 23.8. The molecule has 2 heterocycles. The molecule has 5 rings (SSSR count). The number of nitrogens with zero attached hydrogens (tertiary/aromatic N) is 1. The predicted octanol–water partition coefficient (Wildman–Crippen LogP) is 6.25. The highest BCUT2D eigenvalue weighted by Crippen LogP contribution is 2.40. The smallest absolute Gasteiger partial charge is 0.295 e. The highest BCUT2D eigenvalue weighted by Gasteiger charge is 2.45. The van der Waals surface area contributed by atoms with E-state index in [0.29, 0.717) is 29.1 Å². The molecule has 170 valence electrons. The van der Waals surface area contributed by atoms with Crippen molar-refractivity contribution in [3.63, 3.8) is 0 Å². The van der Waals surface area contributed by atoms with Gasteiger partial charge in [0.1, 0.15) is 5.76 Å². The molecule has 1 unspecified atom stereocenters. The number of amides is 1. The minimum absolute atomic E-state index is 0.0774. The summed E-state index contributed by atoms with van der Waals surface area (Å²) in [5.41, 5.74) is 3.33. The standard InChI is InChI=1S/C27H20BrClN2O3/c28-19-9-5-17(6-10-19)25(32)23-24(16-7-11-20(29)12-8-16)31(27(34)26(23)33)14-13-18-15-30-22-4-2-1-3-21(18)22/h1-12,15,24,30,32H,13-14H2/b25-23-. The number of para-hydroxylation sites is 1. The van der Waals surface area contributed by atoms with Crippen LogP contribution in [0.5, 0.6) is 0 Å². The van der Waals surface area contributed by atoms with Gasteiger partial charge in [-0.3, -0.25) is 9.59 Å². The van der Waals surface area contributed by atoms with Crippen LogP contribution in [0.25, 0.3) is 16.7 Å². The Kier molecular flexibility index (Phi) is 6.02. The summed E-state index contributed by atoms with van der Waals surface area (Å²) in [6.45, 7) is 0.316. The van der Waals surface area contributed by atoms with E-state index in [0.717, 1.165) is 20.9 Å². The highest BCUT2D eigenvalue weighted by molar-refractivity contribution is 9.10. The van der Waals surface area contributed by atoms with Crippen molar-refractivity contribution in [2.24, 2.45) is 0 Å². The Balaban J connectivity index is 1.56. The number of hydrogen-bond acceptors (Lipinski definition) is 3. The molecule has 1 saturated heterocycles. The third kappa shape index (κ3) is 4.04. The van der Waals surface area contributed by atoms with E-state index in [9.17, 15) is 14.7 Å². The first-order valence-electron chi connectivity index (χ1n) is 10.8. The minimum atomic E-state index is -0.717. The number of carbonyl (C=O) groups excluding carboxylic acids is 2. The number of aromatic amines is 1. The molecular formula is C27H20BrClN2O3. The van der Waals surface area contributed by atoms with Gasteiger partial charge in [-0.1, -0.05) is 70.0 Å². The molecule has 1 amide bonds. The van der Waals surface area contributed by atoms with Crippen LogP contribution in [-0.4, -0.2) is 33.2 Å². The molecule has 0 saturated carbocycles. The molecule has 5 nitrogen and oxygen atoms in total.